The molecule has 0 unspecified atom stereocenters. The van der Waals surface area contributed by atoms with Crippen LogP contribution in [0.3, 0.4) is 0 Å². The van der Waals surface area contributed by atoms with E-state index >= 15 is 0 Å². The largest absolute Gasteiger partial charge is 0.465 e. The number of nitrogens with zero attached hydrogens (tertiary/aromatic N) is 2. The van der Waals surface area contributed by atoms with E-state index < -0.39 is 0 Å². The minimum Gasteiger partial charge on any atom is -0.465 e. The van der Waals surface area contributed by atoms with Crippen LogP contribution in [0.4, 0.5) is 0 Å². The maximum atomic E-state index is 11.3. The van der Waals surface area contributed by atoms with E-state index in [0.29, 0.717) is 5.56 Å². The molecule has 0 aliphatic carbocycles. The Morgan fingerprint density at radius 2 is 2.36 bits per heavy atom. The van der Waals surface area contributed by atoms with Crippen LogP contribution < -0.4 is 4.43 Å². The molecule has 2 aromatic rings. The molecule has 0 aliphatic heterocycles. The van der Waals surface area contributed by atoms with Gasteiger partial charge in [-0.25, -0.2) is 9.31 Å². The molecule has 0 aromatic carbocycles. The van der Waals surface area contributed by atoms with Crippen LogP contribution in [-0.4, -0.2) is 39.0 Å². The number of fused-ring (bicyclic) bond motifs is 1. The lowest BCUT2D eigenvalue weighted by Crippen LogP contribution is -2.06. The molecule has 0 saturated carbocycles. The molecule has 0 bridgehead atoms. The predicted octanol–water partition coefficient (Wildman–Crippen LogP) is -0.621. The van der Waals surface area contributed by atoms with E-state index in [-0.39, 0.29) is 5.97 Å². The van der Waals surface area contributed by atoms with Gasteiger partial charge in [-0.1, -0.05) is 6.07 Å². The lowest BCUT2D eigenvalue weighted by atomic mass is 10.3. The molecular formula is C9H9AlN2O2. The standard InChI is InChI=1S/C9H7N2O2.Al.2H/c1-13-9(12)7-6-10-11-5-3-2-4-8(7)11;;;/h2,4-6H,1H3;;;. The summed E-state index contributed by atoms with van der Waals surface area (Å²) < 4.78 is 7.59. The number of aromatic nitrogens is 2. The third-order valence-corrected chi connectivity index (χ3v) is 2.66. The number of hydrogen-bond acceptors (Lipinski definition) is 3. The SMILES string of the molecule is COC(=O)c1cnn2c[c]([AlH2])ccc12. The van der Waals surface area contributed by atoms with E-state index in [1.165, 1.54) is 17.7 Å². The fraction of sp³-hybridized carbons (Fsp3) is 0.111. The second-order valence-electron chi connectivity index (χ2n) is 3.09. The minimum atomic E-state index is -0.346. The Bertz CT molecular complexity index is 493. The maximum Gasteiger partial charge on any atom is 0.341 e. The first-order valence-corrected chi connectivity index (χ1v) is 5.24. The Hall–Kier alpha value is -1.31. The molecule has 0 N–H and O–H groups in total. The second kappa shape index (κ2) is 3.45. The van der Waals surface area contributed by atoms with Gasteiger partial charge < -0.3 is 4.74 Å². The van der Waals surface area contributed by atoms with Crippen molar-refractivity contribution in [2.75, 3.05) is 7.11 Å². The minimum absolute atomic E-state index is 0.346. The average molecular weight is 204 g/mol. The zero-order valence-electron chi connectivity index (χ0n) is 8.02. The Morgan fingerprint density at radius 1 is 1.57 bits per heavy atom. The van der Waals surface area contributed by atoms with Crippen molar-refractivity contribution >= 4 is 32.2 Å². The third-order valence-electron chi connectivity index (χ3n) is 2.07. The summed E-state index contributed by atoms with van der Waals surface area (Å²) in [5, 5.41) is 4.09. The molecule has 0 aliphatic rings. The van der Waals surface area contributed by atoms with Gasteiger partial charge in [-0.15, -0.1) is 4.43 Å². The summed E-state index contributed by atoms with van der Waals surface area (Å²) >= 11 is 0.973. The van der Waals surface area contributed by atoms with Gasteiger partial charge in [0.2, 0.25) is 0 Å². The van der Waals surface area contributed by atoms with Crippen LogP contribution in [0.5, 0.6) is 0 Å². The summed E-state index contributed by atoms with van der Waals surface area (Å²) in [6.07, 6.45) is 3.45. The molecule has 0 radical (unpaired) electrons. The number of ether oxygens (including phenoxy) is 1. The molecule has 14 heavy (non-hydrogen) atoms. The van der Waals surface area contributed by atoms with Crippen LogP contribution in [0.25, 0.3) is 5.52 Å². The third kappa shape index (κ3) is 1.41. The summed E-state index contributed by atoms with van der Waals surface area (Å²) in [5.41, 5.74) is 1.30. The molecule has 0 amide bonds. The Morgan fingerprint density at radius 3 is 3.07 bits per heavy atom. The Balaban J connectivity index is 2.64. The van der Waals surface area contributed by atoms with Gasteiger partial charge in [0.05, 0.1) is 18.8 Å². The highest BCUT2D eigenvalue weighted by Gasteiger charge is 2.11. The first kappa shape index (κ1) is 9.26. The summed E-state index contributed by atoms with van der Waals surface area (Å²) in [5.74, 6) is -0.346. The zero-order valence-corrected chi connectivity index (χ0v) is 10.0. The highest BCUT2D eigenvalue weighted by Crippen LogP contribution is 2.09. The molecule has 2 rings (SSSR count). The zero-order chi connectivity index (χ0) is 10.1. The molecule has 2 aromatic heterocycles. The van der Waals surface area contributed by atoms with E-state index in [1.807, 2.05) is 18.3 Å². The van der Waals surface area contributed by atoms with E-state index in [9.17, 15) is 4.79 Å². The molecule has 0 saturated heterocycles. The van der Waals surface area contributed by atoms with Gasteiger partial charge in [0.15, 0.2) is 0 Å². The van der Waals surface area contributed by atoms with Crippen LogP contribution in [0.2, 0.25) is 0 Å². The lowest BCUT2D eigenvalue weighted by Gasteiger charge is -1.97. The van der Waals surface area contributed by atoms with Crippen LogP contribution in [0.1, 0.15) is 10.4 Å². The number of hydrogen-bond donors (Lipinski definition) is 0. The predicted molar refractivity (Wildman–Crippen MR) is 54.7 cm³/mol. The summed E-state index contributed by atoms with van der Waals surface area (Å²) in [7, 11) is 1.37. The molecule has 0 fully saturated rings. The van der Waals surface area contributed by atoms with Crippen molar-refractivity contribution in [1.82, 2.24) is 9.61 Å². The lowest BCUT2D eigenvalue weighted by molar-refractivity contribution is 0.0603. The van der Waals surface area contributed by atoms with Crippen LogP contribution in [0.15, 0.2) is 24.5 Å². The first-order valence-electron chi connectivity index (χ1n) is 4.24. The topological polar surface area (TPSA) is 43.6 Å². The van der Waals surface area contributed by atoms with Crippen molar-refractivity contribution in [3.8, 4) is 0 Å². The van der Waals surface area contributed by atoms with Gasteiger partial charge >= 0.3 is 5.97 Å². The number of carbonyl (C=O) groups is 1. The maximum absolute atomic E-state index is 11.3. The number of rotatable bonds is 1. The van der Waals surface area contributed by atoms with E-state index in [2.05, 4.69) is 9.84 Å². The van der Waals surface area contributed by atoms with Gasteiger partial charge in [0, 0.05) is 6.20 Å². The molecule has 0 atom stereocenters. The molecule has 5 heteroatoms. The summed E-state index contributed by atoms with van der Waals surface area (Å²) in [4.78, 5) is 11.3. The molecular weight excluding hydrogens is 195 g/mol. The van der Waals surface area contributed by atoms with Crippen molar-refractivity contribution in [2.24, 2.45) is 0 Å². The van der Waals surface area contributed by atoms with Crippen molar-refractivity contribution in [3.05, 3.63) is 30.1 Å². The van der Waals surface area contributed by atoms with E-state index in [0.717, 1.165) is 21.8 Å². The number of esters is 1. The van der Waals surface area contributed by atoms with Crippen LogP contribution >= 0.6 is 0 Å². The number of carbonyl (C=O) groups excluding carboxylic acids is 1. The molecule has 4 nitrogen and oxygen atoms in total. The first-order chi connectivity index (χ1) is 6.72. The van der Waals surface area contributed by atoms with Gasteiger partial charge in [-0.05, 0) is 6.07 Å². The monoisotopic (exact) mass is 204 g/mol. The van der Waals surface area contributed by atoms with Gasteiger partial charge in [0.25, 0.3) is 16.3 Å². The van der Waals surface area contributed by atoms with Crippen molar-refractivity contribution < 1.29 is 9.53 Å². The van der Waals surface area contributed by atoms with Crippen molar-refractivity contribution in [3.63, 3.8) is 0 Å². The fourth-order valence-electron chi connectivity index (χ4n) is 1.35. The van der Waals surface area contributed by atoms with Gasteiger partial charge in [-0.3, -0.25) is 0 Å². The summed E-state index contributed by atoms with van der Waals surface area (Å²) in [6.45, 7) is 0. The van der Waals surface area contributed by atoms with Crippen LogP contribution in [0, 0.1) is 0 Å². The number of methoxy groups -OCH3 is 1. The highest BCUT2D eigenvalue weighted by molar-refractivity contribution is 6.32. The molecule has 0 spiro atoms. The molecule has 2 heterocycles. The highest BCUT2D eigenvalue weighted by atomic mass is 27.0. The smallest absolute Gasteiger partial charge is 0.341 e. The average Bonchev–Trinajstić information content (AvgIpc) is 2.59. The van der Waals surface area contributed by atoms with E-state index in [1.54, 1.807) is 4.52 Å². The number of pyridine rings is 1. The van der Waals surface area contributed by atoms with Gasteiger partial charge in [0.1, 0.15) is 5.56 Å². The van der Waals surface area contributed by atoms with Crippen LogP contribution in [-0.2, 0) is 4.74 Å². The van der Waals surface area contributed by atoms with Crippen molar-refractivity contribution in [2.45, 2.75) is 0 Å². The van der Waals surface area contributed by atoms with E-state index in [4.69, 9.17) is 0 Å². The fourth-order valence-corrected chi connectivity index (χ4v) is 1.77. The Labute approximate surface area is 88.9 Å². The molecule has 70 valence electrons. The normalized spacial score (nSPS) is 10.4. The summed E-state index contributed by atoms with van der Waals surface area (Å²) in [6, 6.07) is 3.89. The van der Waals surface area contributed by atoms with Crippen molar-refractivity contribution in [1.29, 1.82) is 0 Å². The quantitative estimate of drug-likeness (QED) is 0.459. The van der Waals surface area contributed by atoms with Gasteiger partial charge in [-0.2, -0.15) is 5.10 Å². The Kier molecular flexibility index (Phi) is 2.28. The second-order valence-corrected chi connectivity index (χ2v) is 4.24.